The Morgan fingerprint density at radius 1 is 1.18 bits per heavy atom. The Morgan fingerprint density at radius 3 is 2.79 bits per heavy atom. The molecular formula is C20H23N7O. The maximum absolute atomic E-state index is 12.9. The number of aryl methyl sites for hydroxylation is 1. The predicted octanol–water partition coefficient (Wildman–Crippen LogP) is 2.33. The largest absolute Gasteiger partial charge is 0.333 e. The Bertz CT molecular complexity index is 1030. The van der Waals surface area contributed by atoms with Crippen LogP contribution in [0.2, 0.25) is 0 Å². The van der Waals surface area contributed by atoms with Crippen LogP contribution in [0.3, 0.4) is 0 Å². The van der Waals surface area contributed by atoms with Crippen molar-refractivity contribution in [2.24, 2.45) is 0 Å². The summed E-state index contributed by atoms with van der Waals surface area (Å²) in [5.74, 6) is 2.01. The van der Waals surface area contributed by atoms with Gasteiger partial charge in [0.25, 0.3) is 5.91 Å². The van der Waals surface area contributed by atoms with E-state index in [4.69, 9.17) is 0 Å². The van der Waals surface area contributed by atoms with Gasteiger partial charge in [0.1, 0.15) is 5.82 Å². The van der Waals surface area contributed by atoms with Crippen LogP contribution in [-0.2, 0) is 0 Å². The molecule has 8 heteroatoms. The van der Waals surface area contributed by atoms with Gasteiger partial charge in [-0.2, -0.15) is 5.10 Å². The number of amides is 1. The van der Waals surface area contributed by atoms with Crippen LogP contribution >= 0.6 is 0 Å². The molecule has 0 spiro atoms. The van der Waals surface area contributed by atoms with Crippen molar-refractivity contribution < 1.29 is 4.79 Å². The average molecular weight is 377 g/mol. The van der Waals surface area contributed by atoms with Gasteiger partial charge < -0.3 is 15.5 Å². The summed E-state index contributed by atoms with van der Waals surface area (Å²) in [6.07, 6.45) is 2.42. The van der Waals surface area contributed by atoms with E-state index in [1.54, 1.807) is 4.90 Å². The second kappa shape index (κ2) is 6.87. The second-order valence-electron chi connectivity index (χ2n) is 7.57. The molecule has 1 aliphatic heterocycles. The van der Waals surface area contributed by atoms with E-state index in [9.17, 15) is 4.79 Å². The van der Waals surface area contributed by atoms with Gasteiger partial charge in [-0.25, -0.2) is 9.97 Å². The minimum absolute atomic E-state index is 0.132. The lowest BCUT2D eigenvalue weighted by Gasteiger charge is -2.26. The first kappa shape index (κ1) is 17.1. The van der Waals surface area contributed by atoms with Crippen molar-refractivity contribution in [2.45, 2.75) is 25.7 Å². The van der Waals surface area contributed by atoms with E-state index in [0.717, 1.165) is 35.2 Å². The van der Waals surface area contributed by atoms with Gasteiger partial charge in [-0.05, 0) is 31.9 Å². The van der Waals surface area contributed by atoms with Gasteiger partial charge in [0, 0.05) is 49.2 Å². The number of H-pyrrole nitrogens is 1. The number of piperazine rings is 1. The fourth-order valence-electron chi connectivity index (χ4n) is 3.57. The lowest BCUT2D eigenvalue weighted by molar-refractivity contribution is 0.0724. The first-order chi connectivity index (χ1) is 13.7. The molecule has 8 nitrogen and oxygen atoms in total. The van der Waals surface area contributed by atoms with Gasteiger partial charge in [0.05, 0.1) is 5.52 Å². The number of aromatic nitrogens is 4. The van der Waals surface area contributed by atoms with Crippen LogP contribution < -0.4 is 10.6 Å². The molecule has 3 heterocycles. The van der Waals surface area contributed by atoms with Crippen molar-refractivity contribution in [3.63, 3.8) is 0 Å². The third-order valence-corrected chi connectivity index (χ3v) is 5.31. The molecular weight excluding hydrogens is 354 g/mol. The lowest BCUT2D eigenvalue weighted by Crippen LogP contribution is -2.46. The maximum atomic E-state index is 12.9. The monoisotopic (exact) mass is 377 g/mol. The van der Waals surface area contributed by atoms with E-state index in [1.165, 1.54) is 12.8 Å². The Balaban J connectivity index is 1.52. The van der Waals surface area contributed by atoms with Crippen LogP contribution in [0.5, 0.6) is 0 Å². The summed E-state index contributed by atoms with van der Waals surface area (Å²) in [5.41, 5.74) is 3.01. The number of rotatable bonds is 4. The van der Waals surface area contributed by atoms with Crippen molar-refractivity contribution in [1.82, 2.24) is 30.4 Å². The molecule has 0 unspecified atom stereocenters. The highest BCUT2D eigenvalue weighted by Crippen LogP contribution is 2.39. The smallest absolute Gasteiger partial charge is 0.291 e. The molecule has 28 heavy (non-hydrogen) atoms. The normalized spacial score (nSPS) is 17.1. The van der Waals surface area contributed by atoms with Gasteiger partial charge in [-0.1, -0.05) is 11.6 Å². The van der Waals surface area contributed by atoms with Crippen molar-refractivity contribution in [3.8, 4) is 0 Å². The SMILES string of the molecule is Cc1ccc2nc(C(=O)N3CCNCC3)nc(Nc3cc(C4CC4)[nH]n3)c2c1. The zero-order valence-corrected chi connectivity index (χ0v) is 15.8. The van der Waals surface area contributed by atoms with Gasteiger partial charge >= 0.3 is 0 Å². The van der Waals surface area contributed by atoms with Crippen molar-refractivity contribution in [2.75, 3.05) is 31.5 Å². The van der Waals surface area contributed by atoms with E-state index < -0.39 is 0 Å². The molecule has 2 aromatic heterocycles. The lowest BCUT2D eigenvalue weighted by atomic mass is 10.1. The number of fused-ring (bicyclic) bond motifs is 1. The molecule has 2 fully saturated rings. The van der Waals surface area contributed by atoms with Crippen molar-refractivity contribution in [3.05, 3.63) is 41.3 Å². The zero-order valence-electron chi connectivity index (χ0n) is 15.8. The van der Waals surface area contributed by atoms with E-state index in [-0.39, 0.29) is 11.7 Å². The number of anilines is 2. The summed E-state index contributed by atoms with van der Waals surface area (Å²) in [5, 5.41) is 14.9. The fourth-order valence-corrected chi connectivity index (χ4v) is 3.57. The number of nitrogens with zero attached hydrogens (tertiary/aromatic N) is 4. The van der Waals surface area contributed by atoms with Crippen LogP contribution in [-0.4, -0.2) is 57.2 Å². The number of carbonyl (C=O) groups excluding carboxylic acids is 1. The maximum Gasteiger partial charge on any atom is 0.291 e. The standard InChI is InChI=1S/C20H23N7O/c1-12-2-5-15-14(10-12)18(23-17-11-16(25-26-17)13-3-4-13)24-19(22-15)20(28)27-8-6-21-7-9-27/h2,5,10-11,13,21H,3-4,6-9H2,1H3,(H2,22,23,24,25,26). The molecule has 3 N–H and O–H groups in total. The molecule has 3 aromatic rings. The van der Waals surface area contributed by atoms with Gasteiger partial charge in [-0.15, -0.1) is 0 Å². The predicted molar refractivity (Wildman–Crippen MR) is 107 cm³/mol. The van der Waals surface area contributed by atoms with E-state index >= 15 is 0 Å². The number of benzene rings is 1. The molecule has 1 saturated heterocycles. The number of hydrogen-bond donors (Lipinski definition) is 3. The molecule has 1 amide bonds. The van der Waals surface area contributed by atoms with Gasteiger partial charge in [-0.3, -0.25) is 9.89 Å². The quantitative estimate of drug-likeness (QED) is 0.645. The summed E-state index contributed by atoms with van der Waals surface area (Å²) < 4.78 is 0. The van der Waals surface area contributed by atoms with Crippen LogP contribution in [0, 0.1) is 6.92 Å². The highest BCUT2D eigenvalue weighted by atomic mass is 16.2. The minimum Gasteiger partial charge on any atom is -0.333 e. The highest BCUT2D eigenvalue weighted by molar-refractivity contribution is 5.97. The number of nitrogens with one attached hydrogen (secondary N) is 3. The highest BCUT2D eigenvalue weighted by Gasteiger charge is 2.26. The molecule has 1 aromatic carbocycles. The molecule has 1 saturated carbocycles. The summed E-state index contributed by atoms with van der Waals surface area (Å²) in [4.78, 5) is 23.9. The zero-order chi connectivity index (χ0) is 19.1. The van der Waals surface area contributed by atoms with E-state index in [2.05, 4.69) is 30.8 Å². The molecule has 144 valence electrons. The molecule has 0 bridgehead atoms. The molecule has 0 atom stereocenters. The number of carbonyl (C=O) groups is 1. The second-order valence-corrected chi connectivity index (χ2v) is 7.57. The van der Waals surface area contributed by atoms with E-state index in [0.29, 0.717) is 30.6 Å². The number of aromatic amines is 1. The first-order valence-corrected chi connectivity index (χ1v) is 9.78. The Hall–Kier alpha value is -3.00. The third kappa shape index (κ3) is 3.31. The van der Waals surface area contributed by atoms with Crippen LogP contribution in [0.1, 0.15) is 40.6 Å². The van der Waals surface area contributed by atoms with Crippen LogP contribution in [0.4, 0.5) is 11.6 Å². The fraction of sp³-hybridized carbons (Fsp3) is 0.400. The van der Waals surface area contributed by atoms with E-state index in [1.807, 2.05) is 31.2 Å². The van der Waals surface area contributed by atoms with Crippen molar-refractivity contribution in [1.29, 1.82) is 0 Å². The molecule has 2 aliphatic rings. The average Bonchev–Trinajstić information content (AvgIpc) is 3.47. The summed E-state index contributed by atoms with van der Waals surface area (Å²) in [6, 6.07) is 7.99. The van der Waals surface area contributed by atoms with Gasteiger partial charge in [0.15, 0.2) is 5.82 Å². The van der Waals surface area contributed by atoms with Crippen molar-refractivity contribution >= 4 is 28.4 Å². The minimum atomic E-state index is -0.132. The van der Waals surface area contributed by atoms with Gasteiger partial charge in [0.2, 0.25) is 5.82 Å². The Morgan fingerprint density at radius 2 is 2.00 bits per heavy atom. The van der Waals surface area contributed by atoms with Crippen LogP contribution in [0.25, 0.3) is 10.9 Å². The third-order valence-electron chi connectivity index (χ3n) is 5.31. The first-order valence-electron chi connectivity index (χ1n) is 9.78. The number of hydrogen-bond acceptors (Lipinski definition) is 6. The molecule has 0 radical (unpaired) electrons. The summed E-state index contributed by atoms with van der Waals surface area (Å²) in [7, 11) is 0. The Labute approximate surface area is 162 Å². The Kier molecular flexibility index (Phi) is 4.20. The van der Waals surface area contributed by atoms with Crippen LogP contribution in [0.15, 0.2) is 24.3 Å². The molecule has 5 rings (SSSR count). The summed E-state index contributed by atoms with van der Waals surface area (Å²) in [6.45, 7) is 4.95. The molecule has 1 aliphatic carbocycles. The topological polar surface area (TPSA) is 98.8 Å². The summed E-state index contributed by atoms with van der Waals surface area (Å²) >= 11 is 0.